The Morgan fingerprint density at radius 1 is 1.12 bits per heavy atom. The maximum Gasteiger partial charge on any atom is 0.243 e. The number of rotatable bonds is 6. The number of nitrogens with zero attached hydrogens (tertiary/aromatic N) is 2. The first-order chi connectivity index (χ1) is 15.3. The number of methoxy groups -OCH3 is 1. The van der Waals surface area contributed by atoms with Crippen molar-refractivity contribution in [1.82, 2.24) is 9.62 Å². The van der Waals surface area contributed by atoms with Gasteiger partial charge in [-0.25, -0.2) is 8.42 Å². The van der Waals surface area contributed by atoms with Crippen molar-refractivity contribution in [2.45, 2.75) is 43.7 Å². The number of ether oxygens (including phenoxy) is 1. The highest BCUT2D eigenvalue weighted by molar-refractivity contribution is 7.89. The van der Waals surface area contributed by atoms with Gasteiger partial charge in [0.25, 0.3) is 0 Å². The summed E-state index contributed by atoms with van der Waals surface area (Å²) in [6.45, 7) is 2.75. The van der Waals surface area contributed by atoms with E-state index in [0.29, 0.717) is 36.6 Å². The zero-order valence-electron chi connectivity index (χ0n) is 18.2. The van der Waals surface area contributed by atoms with Crippen LogP contribution in [0.3, 0.4) is 0 Å². The van der Waals surface area contributed by atoms with Crippen LogP contribution < -0.4 is 15.0 Å². The quantitative estimate of drug-likeness (QED) is 0.717. The molecule has 0 radical (unpaired) electrons. The Kier molecular flexibility index (Phi) is 6.21. The molecular weight excluding hydrogens is 430 g/mol. The average Bonchev–Trinajstić information content (AvgIpc) is 3.45. The molecule has 0 spiro atoms. The van der Waals surface area contributed by atoms with Gasteiger partial charge in [-0.1, -0.05) is 12.1 Å². The molecule has 4 rings (SSSR count). The van der Waals surface area contributed by atoms with Gasteiger partial charge in [-0.05, 0) is 54.3 Å². The van der Waals surface area contributed by atoms with E-state index in [9.17, 15) is 18.0 Å². The molecule has 0 saturated carbocycles. The smallest absolute Gasteiger partial charge is 0.243 e. The lowest BCUT2D eigenvalue weighted by Gasteiger charge is -2.23. The molecule has 1 saturated heterocycles. The highest BCUT2D eigenvalue weighted by atomic mass is 32.2. The third-order valence-corrected chi connectivity index (χ3v) is 7.88. The van der Waals surface area contributed by atoms with E-state index in [0.717, 1.165) is 18.4 Å². The minimum absolute atomic E-state index is 0.207. The van der Waals surface area contributed by atoms with Crippen molar-refractivity contribution in [2.75, 3.05) is 25.1 Å². The summed E-state index contributed by atoms with van der Waals surface area (Å²) in [6.07, 6.45) is 1.98. The van der Waals surface area contributed by atoms with Crippen LogP contribution in [-0.2, 0) is 32.6 Å². The van der Waals surface area contributed by atoms with Gasteiger partial charge in [-0.15, -0.1) is 0 Å². The normalized spacial score (nSPS) is 18.4. The van der Waals surface area contributed by atoms with E-state index in [1.165, 1.54) is 22.2 Å². The van der Waals surface area contributed by atoms with Gasteiger partial charge < -0.3 is 10.1 Å². The van der Waals surface area contributed by atoms with E-state index >= 15 is 0 Å². The third kappa shape index (κ3) is 4.22. The van der Waals surface area contributed by atoms with Crippen molar-refractivity contribution >= 4 is 27.5 Å². The van der Waals surface area contributed by atoms with Crippen LogP contribution in [0.5, 0.6) is 5.75 Å². The predicted molar refractivity (Wildman–Crippen MR) is 120 cm³/mol. The first kappa shape index (κ1) is 22.3. The van der Waals surface area contributed by atoms with E-state index in [-0.39, 0.29) is 23.1 Å². The van der Waals surface area contributed by atoms with Crippen molar-refractivity contribution in [1.29, 1.82) is 0 Å². The molecule has 0 bridgehead atoms. The molecule has 2 aliphatic heterocycles. The Morgan fingerprint density at radius 2 is 1.88 bits per heavy atom. The number of hydrogen-bond acceptors (Lipinski definition) is 5. The zero-order valence-corrected chi connectivity index (χ0v) is 19.0. The van der Waals surface area contributed by atoms with Crippen LogP contribution in [0.2, 0.25) is 0 Å². The van der Waals surface area contributed by atoms with E-state index in [1.54, 1.807) is 19.2 Å². The number of hydrogen-bond donors (Lipinski definition) is 1. The van der Waals surface area contributed by atoms with Gasteiger partial charge in [0.05, 0.1) is 12.0 Å². The second-order valence-corrected chi connectivity index (χ2v) is 10.0. The first-order valence-electron chi connectivity index (χ1n) is 10.6. The molecule has 1 N–H and O–H groups in total. The van der Waals surface area contributed by atoms with Crippen LogP contribution in [0.4, 0.5) is 5.69 Å². The number of fused-ring (bicyclic) bond motifs is 1. The Labute approximate surface area is 188 Å². The van der Waals surface area contributed by atoms with E-state index in [4.69, 9.17) is 4.74 Å². The van der Waals surface area contributed by atoms with Gasteiger partial charge in [0.15, 0.2) is 0 Å². The molecule has 170 valence electrons. The Hall–Kier alpha value is -2.91. The van der Waals surface area contributed by atoms with Gasteiger partial charge in [0.1, 0.15) is 11.8 Å². The number of nitrogens with one attached hydrogen (secondary N) is 1. The van der Waals surface area contributed by atoms with Crippen LogP contribution in [0, 0.1) is 0 Å². The topological polar surface area (TPSA) is 96.0 Å². The van der Waals surface area contributed by atoms with Crippen LogP contribution in [0.1, 0.15) is 30.9 Å². The van der Waals surface area contributed by atoms with Gasteiger partial charge in [-0.2, -0.15) is 4.31 Å². The van der Waals surface area contributed by atoms with Gasteiger partial charge >= 0.3 is 0 Å². The predicted octanol–water partition coefficient (Wildman–Crippen LogP) is 2.07. The number of benzene rings is 2. The molecule has 0 unspecified atom stereocenters. The minimum Gasteiger partial charge on any atom is -0.497 e. The molecule has 1 fully saturated rings. The van der Waals surface area contributed by atoms with E-state index < -0.39 is 16.1 Å². The standard InChI is InChI=1S/C23H27N3O5S/c1-16(27)26-21-9-8-20(32(29,30)25-10-3-4-11-25)13-18(21)14-22(26)23(28)24-15-17-6-5-7-19(12-17)31-2/h5-9,12-13,22H,3-4,10-11,14-15H2,1-2H3,(H,24,28)/t22-/m0/s1. The molecule has 1 atom stereocenters. The molecule has 0 aromatic heterocycles. The van der Waals surface area contributed by atoms with E-state index in [1.807, 2.05) is 24.3 Å². The number of anilines is 1. The maximum absolute atomic E-state index is 13.0. The fourth-order valence-corrected chi connectivity index (χ4v) is 5.92. The van der Waals surface area contributed by atoms with Crippen molar-refractivity contribution in [3.05, 3.63) is 53.6 Å². The van der Waals surface area contributed by atoms with Crippen LogP contribution in [-0.4, -0.2) is 50.8 Å². The summed E-state index contributed by atoms with van der Waals surface area (Å²) in [6, 6.07) is 11.4. The molecule has 2 heterocycles. The number of carbonyl (C=O) groups is 2. The first-order valence-corrected chi connectivity index (χ1v) is 12.1. The Bertz CT molecular complexity index is 1140. The monoisotopic (exact) mass is 457 g/mol. The lowest BCUT2D eigenvalue weighted by Crippen LogP contribution is -2.47. The van der Waals surface area contributed by atoms with Crippen molar-refractivity contribution < 1.29 is 22.7 Å². The molecule has 0 aliphatic carbocycles. The van der Waals surface area contributed by atoms with Crippen LogP contribution in [0.15, 0.2) is 47.4 Å². The number of carbonyl (C=O) groups excluding carboxylic acids is 2. The minimum atomic E-state index is -3.57. The summed E-state index contributed by atoms with van der Waals surface area (Å²) in [5.74, 6) is 0.144. The summed E-state index contributed by atoms with van der Waals surface area (Å²) >= 11 is 0. The lowest BCUT2D eigenvalue weighted by molar-refractivity contribution is -0.125. The third-order valence-electron chi connectivity index (χ3n) is 5.98. The Balaban J connectivity index is 1.54. The molecule has 2 amide bonds. The highest BCUT2D eigenvalue weighted by Crippen LogP contribution is 2.35. The molecule has 8 nitrogen and oxygen atoms in total. The molecule has 9 heteroatoms. The van der Waals surface area contributed by atoms with Gasteiger partial charge in [0.2, 0.25) is 21.8 Å². The van der Waals surface area contributed by atoms with Crippen LogP contribution >= 0.6 is 0 Å². The summed E-state index contributed by atoms with van der Waals surface area (Å²) < 4.78 is 32.6. The lowest BCUT2D eigenvalue weighted by atomic mass is 10.1. The SMILES string of the molecule is COc1cccc(CNC(=O)[C@@H]2Cc3cc(S(=O)(=O)N4CCCC4)ccc3N2C(C)=O)c1. The number of sulfonamides is 1. The highest BCUT2D eigenvalue weighted by Gasteiger charge is 2.38. The second-order valence-electron chi connectivity index (χ2n) is 8.08. The summed E-state index contributed by atoms with van der Waals surface area (Å²) in [5.41, 5.74) is 2.14. The fourth-order valence-electron chi connectivity index (χ4n) is 4.35. The molecule has 2 aromatic rings. The van der Waals surface area contributed by atoms with Crippen LogP contribution in [0.25, 0.3) is 0 Å². The van der Waals surface area contributed by atoms with Gasteiger partial charge in [-0.3, -0.25) is 14.5 Å². The Morgan fingerprint density at radius 3 is 2.56 bits per heavy atom. The molecule has 2 aliphatic rings. The second kappa shape index (κ2) is 8.91. The zero-order chi connectivity index (χ0) is 22.9. The van der Waals surface area contributed by atoms with Crippen molar-refractivity contribution in [3.63, 3.8) is 0 Å². The largest absolute Gasteiger partial charge is 0.497 e. The maximum atomic E-state index is 13.0. The summed E-state index contributed by atoms with van der Waals surface area (Å²) in [5, 5.41) is 2.89. The molecular formula is C23H27N3O5S. The van der Waals surface area contributed by atoms with Gasteiger partial charge in [0, 0.05) is 38.7 Å². The average molecular weight is 458 g/mol. The van der Waals surface area contributed by atoms with Crippen molar-refractivity contribution in [2.24, 2.45) is 0 Å². The fraction of sp³-hybridized carbons (Fsp3) is 0.391. The summed E-state index contributed by atoms with van der Waals surface area (Å²) in [7, 11) is -1.99. The summed E-state index contributed by atoms with van der Waals surface area (Å²) in [4.78, 5) is 27.0. The van der Waals surface area contributed by atoms with E-state index in [2.05, 4.69) is 5.32 Å². The van der Waals surface area contributed by atoms with Crippen molar-refractivity contribution in [3.8, 4) is 5.75 Å². The number of amides is 2. The molecule has 32 heavy (non-hydrogen) atoms. The molecule has 2 aromatic carbocycles.